The molecular formula is C24H25F3N4O2. The van der Waals surface area contributed by atoms with Gasteiger partial charge in [0, 0.05) is 30.9 Å². The van der Waals surface area contributed by atoms with Crippen molar-refractivity contribution in [2.75, 3.05) is 20.1 Å². The summed E-state index contributed by atoms with van der Waals surface area (Å²) in [6.07, 6.45) is 3.30. The Balaban J connectivity index is 1.34. The molecule has 9 heteroatoms. The second kappa shape index (κ2) is 11.3. The number of aryl methyl sites for hydroxylation is 1. The fourth-order valence-corrected chi connectivity index (χ4v) is 3.31. The van der Waals surface area contributed by atoms with E-state index >= 15 is 0 Å². The van der Waals surface area contributed by atoms with Crippen molar-refractivity contribution in [3.63, 3.8) is 0 Å². The van der Waals surface area contributed by atoms with Crippen molar-refractivity contribution < 1.29 is 22.8 Å². The molecule has 2 N–H and O–H groups in total. The summed E-state index contributed by atoms with van der Waals surface area (Å²) in [6, 6.07) is 10.8. The van der Waals surface area contributed by atoms with Crippen molar-refractivity contribution in [2.45, 2.75) is 25.7 Å². The lowest BCUT2D eigenvalue weighted by atomic mass is 10.1. The normalized spacial score (nSPS) is 10.8. The van der Waals surface area contributed by atoms with Gasteiger partial charge in [0.1, 0.15) is 17.5 Å². The number of hydrogen-bond acceptors (Lipinski definition) is 3. The van der Waals surface area contributed by atoms with E-state index in [2.05, 4.69) is 15.5 Å². The Bertz CT molecular complexity index is 1120. The smallest absolute Gasteiger partial charge is 0.254 e. The summed E-state index contributed by atoms with van der Waals surface area (Å²) in [5, 5.41) is 9.54. The van der Waals surface area contributed by atoms with E-state index in [-0.39, 0.29) is 23.8 Å². The van der Waals surface area contributed by atoms with E-state index in [1.54, 1.807) is 19.2 Å². The number of amides is 2. The molecule has 0 bridgehead atoms. The van der Waals surface area contributed by atoms with Gasteiger partial charge in [-0.2, -0.15) is 5.10 Å². The van der Waals surface area contributed by atoms with Gasteiger partial charge in [0.05, 0.1) is 17.8 Å². The van der Waals surface area contributed by atoms with Crippen LogP contribution in [0.4, 0.5) is 13.2 Å². The van der Waals surface area contributed by atoms with Crippen LogP contribution >= 0.6 is 0 Å². The lowest BCUT2D eigenvalue weighted by molar-refractivity contribution is -0.128. The fourth-order valence-electron chi connectivity index (χ4n) is 3.31. The number of benzene rings is 2. The minimum absolute atomic E-state index is 0.275. The first-order valence-corrected chi connectivity index (χ1v) is 10.6. The zero-order valence-electron chi connectivity index (χ0n) is 18.2. The Kier molecular flexibility index (Phi) is 8.23. The number of unbranched alkanes of at least 4 members (excludes halogenated alkanes) is 2. The summed E-state index contributed by atoms with van der Waals surface area (Å²) in [4.78, 5) is 25.7. The standard InChI is InChI=1S/C24H25F3N4O2/c1-31(23(32)15-28-24(33)20-10-9-18(26)13-21(20)27)11-4-2-3-8-19-14-22(30-29-19)16-6-5-7-17(25)12-16/h5-7,9-10,12-14H,2-4,8,11,15H2,1H3,(H,28,33)(H,29,30). The molecule has 0 fully saturated rings. The quantitative estimate of drug-likeness (QED) is 0.449. The lowest BCUT2D eigenvalue weighted by Gasteiger charge is -2.17. The van der Waals surface area contributed by atoms with E-state index in [1.807, 2.05) is 6.07 Å². The molecule has 2 amide bonds. The van der Waals surface area contributed by atoms with Crippen LogP contribution < -0.4 is 5.32 Å². The number of carbonyl (C=O) groups is 2. The maximum Gasteiger partial charge on any atom is 0.254 e. The summed E-state index contributed by atoms with van der Waals surface area (Å²) in [5.74, 6) is -3.14. The van der Waals surface area contributed by atoms with E-state index in [0.717, 1.165) is 43.5 Å². The Morgan fingerprint density at radius 3 is 2.55 bits per heavy atom. The summed E-state index contributed by atoms with van der Waals surface area (Å²) in [7, 11) is 1.63. The monoisotopic (exact) mass is 458 g/mol. The number of nitrogens with one attached hydrogen (secondary N) is 2. The van der Waals surface area contributed by atoms with Crippen molar-refractivity contribution in [3.8, 4) is 11.3 Å². The Hall–Kier alpha value is -3.62. The third-order valence-corrected chi connectivity index (χ3v) is 5.19. The van der Waals surface area contributed by atoms with Gasteiger partial charge >= 0.3 is 0 Å². The Labute approximate surface area is 189 Å². The van der Waals surface area contributed by atoms with Crippen LogP contribution in [0.2, 0.25) is 0 Å². The number of halogens is 3. The average molecular weight is 458 g/mol. The number of rotatable bonds is 10. The van der Waals surface area contributed by atoms with E-state index in [1.165, 1.54) is 17.0 Å². The van der Waals surface area contributed by atoms with Crippen LogP contribution in [-0.2, 0) is 11.2 Å². The van der Waals surface area contributed by atoms with E-state index in [0.29, 0.717) is 23.9 Å². The molecule has 0 saturated carbocycles. The first-order valence-electron chi connectivity index (χ1n) is 10.6. The molecule has 33 heavy (non-hydrogen) atoms. The molecular weight excluding hydrogens is 433 g/mol. The topological polar surface area (TPSA) is 78.1 Å². The van der Waals surface area contributed by atoms with Gasteiger partial charge in [0.25, 0.3) is 5.91 Å². The van der Waals surface area contributed by atoms with Gasteiger partial charge < -0.3 is 10.2 Å². The zero-order valence-corrected chi connectivity index (χ0v) is 18.2. The molecule has 0 aliphatic heterocycles. The molecule has 1 aromatic heterocycles. The minimum atomic E-state index is -0.978. The van der Waals surface area contributed by atoms with E-state index in [9.17, 15) is 22.8 Å². The van der Waals surface area contributed by atoms with Crippen molar-refractivity contribution in [2.24, 2.45) is 0 Å². The second-order valence-corrected chi connectivity index (χ2v) is 7.72. The maximum atomic E-state index is 13.6. The van der Waals surface area contributed by atoms with Crippen molar-refractivity contribution in [3.05, 3.63) is 77.2 Å². The van der Waals surface area contributed by atoms with Gasteiger partial charge in [0.15, 0.2) is 0 Å². The molecule has 0 radical (unpaired) electrons. The number of carbonyl (C=O) groups excluding carboxylic acids is 2. The van der Waals surface area contributed by atoms with Crippen LogP contribution in [0, 0.1) is 17.5 Å². The molecule has 0 unspecified atom stereocenters. The van der Waals surface area contributed by atoms with E-state index in [4.69, 9.17) is 0 Å². The molecule has 0 aliphatic rings. The van der Waals surface area contributed by atoms with Crippen molar-refractivity contribution >= 4 is 11.8 Å². The summed E-state index contributed by atoms with van der Waals surface area (Å²) < 4.78 is 39.9. The number of aromatic nitrogens is 2. The van der Waals surface area contributed by atoms with Crippen LogP contribution in [0.1, 0.15) is 35.3 Å². The third kappa shape index (κ3) is 6.93. The lowest BCUT2D eigenvalue weighted by Crippen LogP contribution is -2.38. The largest absolute Gasteiger partial charge is 0.344 e. The molecule has 2 aromatic carbocycles. The van der Waals surface area contributed by atoms with Crippen LogP contribution in [0.5, 0.6) is 0 Å². The molecule has 6 nitrogen and oxygen atoms in total. The number of hydrogen-bond donors (Lipinski definition) is 2. The predicted molar refractivity (Wildman–Crippen MR) is 118 cm³/mol. The van der Waals surface area contributed by atoms with Gasteiger partial charge in [-0.3, -0.25) is 14.7 Å². The van der Waals surface area contributed by atoms with Gasteiger partial charge in [-0.05, 0) is 49.6 Å². The minimum Gasteiger partial charge on any atom is -0.344 e. The zero-order chi connectivity index (χ0) is 23.8. The van der Waals surface area contributed by atoms with Gasteiger partial charge in [-0.25, -0.2) is 13.2 Å². The van der Waals surface area contributed by atoms with Crippen LogP contribution in [-0.4, -0.2) is 47.0 Å². The molecule has 3 aromatic rings. The fraction of sp³-hybridized carbons (Fsp3) is 0.292. The van der Waals surface area contributed by atoms with E-state index < -0.39 is 17.5 Å². The summed E-state index contributed by atoms with van der Waals surface area (Å²) in [6.45, 7) is 0.236. The Morgan fingerprint density at radius 2 is 1.79 bits per heavy atom. The number of nitrogens with zero attached hydrogens (tertiary/aromatic N) is 2. The third-order valence-electron chi connectivity index (χ3n) is 5.19. The Morgan fingerprint density at radius 1 is 1.00 bits per heavy atom. The van der Waals surface area contributed by atoms with Crippen molar-refractivity contribution in [1.29, 1.82) is 0 Å². The first-order chi connectivity index (χ1) is 15.8. The average Bonchev–Trinajstić information content (AvgIpc) is 3.26. The highest BCUT2D eigenvalue weighted by molar-refractivity contribution is 5.96. The molecule has 0 saturated heterocycles. The summed E-state index contributed by atoms with van der Waals surface area (Å²) >= 11 is 0. The molecule has 174 valence electrons. The summed E-state index contributed by atoms with van der Waals surface area (Å²) in [5.41, 5.74) is 2.05. The van der Waals surface area contributed by atoms with Crippen molar-refractivity contribution in [1.82, 2.24) is 20.4 Å². The highest BCUT2D eigenvalue weighted by Gasteiger charge is 2.15. The highest BCUT2D eigenvalue weighted by Crippen LogP contribution is 2.19. The number of H-pyrrole nitrogens is 1. The molecule has 3 rings (SSSR count). The van der Waals surface area contributed by atoms with Crippen LogP contribution in [0.15, 0.2) is 48.5 Å². The maximum absolute atomic E-state index is 13.6. The van der Waals surface area contributed by atoms with Crippen LogP contribution in [0.3, 0.4) is 0 Å². The van der Waals surface area contributed by atoms with Crippen LogP contribution in [0.25, 0.3) is 11.3 Å². The van der Waals surface area contributed by atoms with Gasteiger partial charge in [0.2, 0.25) is 5.91 Å². The predicted octanol–water partition coefficient (Wildman–Crippen LogP) is 4.10. The molecule has 1 heterocycles. The number of aromatic amines is 1. The molecule has 0 aliphatic carbocycles. The SMILES string of the molecule is CN(CCCCCc1cc(-c2cccc(F)c2)n[nH]1)C(=O)CNC(=O)c1ccc(F)cc1F. The highest BCUT2D eigenvalue weighted by atomic mass is 19.1. The number of likely N-dealkylation sites (N-methyl/N-ethyl adjacent to an activating group) is 1. The van der Waals surface area contributed by atoms with Gasteiger partial charge in [-0.15, -0.1) is 0 Å². The van der Waals surface area contributed by atoms with Gasteiger partial charge in [-0.1, -0.05) is 18.6 Å². The molecule has 0 atom stereocenters. The molecule has 0 spiro atoms. The first kappa shape index (κ1) is 24.0. The second-order valence-electron chi connectivity index (χ2n) is 7.72.